The Hall–Kier alpha value is -1.76. The summed E-state index contributed by atoms with van der Waals surface area (Å²) in [7, 11) is 0. The SMILES string of the molecule is Cc1nc([C@H]2CCCN(C(=O)CCc3cscn3)C2)no1. The fraction of sp³-hybridized carbons (Fsp3) is 0.571. The van der Waals surface area contributed by atoms with Gasteiger partial charge in [-0.2, -0.15) is 4.98 Å². The maximum absolute atomic E-state index is 12.3. The fourth-order valence-electron chi connectivity index (χ4n) is 2.65. The van der Waals surface area contributed by atoms with Crippen LogP contribution >= 0.6 is 11.3 Å². The lowest BCUT2D eigenvalue weighted by Gasteiger charge is -2.31. The van der Waals surface area contributed by atoms with Gasteiger partial charge in [-0.1, -0.05) is 5.16 Å². The number of carbonyl (C=O) groups is 1. The lowest BCUT2D eigenvalue weighted by molar-refractivity contribution is -0.132. The van der Waals surface area contributed by atoms with Gasteiger partial charge in [-0.25, -0.2) is 4.98 Å². The molecule has 1 amide bonds. The number of amides is 1. The number of aryl methyl sites for hydroxylation is 2. The van der Waals surface area contributed by atoms with Gasteiger partial charge < -0.3 is 9.42 Å². The topological polar surface area (TPSA) is 72.1 Å². The molecule has 3 rings (SSSR count). The van der Waals surface area contributed by atoms with E-state index < -0.39 is 0 Å². The van der Waals surface area contributed by atoms with Gasteiger partial charge in [0.25, 0.3) is 0 Å². The van der Waals surface area contributed by atoms with Crippen molar-refractivity contribution < 1.29 is 9.32 Å². The van der Waals surface area contributed by atoms with E-state index in [9.17, 15) is 4.79 Å². The number of likely N-dealkylation sites (tertiary alicyclic amines) is 1. The number of carbonyl (C=O) groups excluding carboxylic acids is 1. The molecule has 1 aliphatic heterocycles. The minimum Gasteiger partial charge on any atom is -0.342 e. The summed E-state index contributed by atoms with van der Waals surface area (Å²) >= 11 is 1.56. The van der Waals surface area contributed by atoms with Crippen LogP contribution in [0.1, 0.15) is 42.6 Å². The average Bonchev–Trinajstić information content (AvgIpc) is 3.16. The summed E-state index contributed by atoms with van der Waals surface area (Å²) in [5.41, 5.74) is 2.80. The van der Waals surface area contributed by atoms with E-state index in [1.165, 1.54) is 0 Å². The third kappa shape index (κ3) is 3.47. The molecule has 0 saturated carbocycles. The normalized spacial score (nSPS) is 18.9. The first-order chi connectivity index (χ1) is 10.2. The van der Waals surface area contributed by atoms with Gasteiger partial charge in [0.2, 0.25) is 11.8 Å². The van der Waals surface area contributed by atoms with Gasteiger partial charge in [-0.15, -0.1) is 11.3 Å². The van der Waals surface area contributed by atoms with Gasteiger partial charge in [-0.05, 0) is 19.3 Å². The van der Waals surface area contributed by atoms with Crippen molar-refractivity contribution in [3.8, 4) is 0 Å². The third-order valence-electron chi connectivity index (χ3n) is 3.76. The van der Waals surface area contributed by atoms with Crippen LogP contribution in [0.4, 0.5) is 0 Å². The summed E-state index contributed by atoms with van der Waals surface area (Å²) < 4.78 is 5.04. The summed E-state index contributed by atoms with van der Waals surface area (Å²) in [6, 6.07) is 0. The minimum atomic E-state index is 0.188. The first kappa shape index (κ1) is 14.2. The molecule has 2 aromatic heterocycles. The molecule has 1 saturated heterocycles. The molecule has 1 aliphatic rings. The molecule has 2 aromatic rings. The number of aromatic nitrogens is 3. The lowest BCUT2D eigenvalue weighted by atomic mass is 9.97. The zero-order valence-corrected chi connectivity index (χ0v) is 12.8. The molecule has 1 atom stereocenters. The Morgan fingerprint density at radius 2 is 2.48 bits per heavy atom. The molecule has 0 aliphatic carbocycles. The second-order valence-corrected chi connectivity index (χ2v) is 6.05. The van der Waals surface area contributed by atoms with Crippen molar-refractivity contribution in [1.29, 1.82) is 0 Å². The van der Waals surface area contributed by atoms with Crippen LogP contribution in [0.3, 0.4) is 0 Å². The molecule has 21 heavy (non-hydrogen) atoms. The summed E-state index contributed by atoms with van der Waals surface area (Å²) in [5.74, 6) is 1.69. The largest absolute Gasteiger partial charge is 0.342 e. The fourth-order valence-corrected chi connectivity index (χ4v) is 3.24. The van der Waals surface area contributed by atoms with Crippen LogP contribution in [0.15, 0.2) is 15.4 Å². The van der Waals surface area contributed by atoms with Crippen molar-refractivity contribution in [2.75, 3.05) is 13.1 Å². The molecule has 112 valence electrons. The van der Waals surface area contributed by atoms with E-state index in [0.717, 1.165) is 30.9 Å². The molecule has 0 aromatic carbocycles. The Labute approximate surface area is 127 Å². The Morgan fingerprint density at radius 3 is 3.19 bits per heavy atom. The Morgan fingerprint density at radius 1 is 1.57 bits per heavy atom. The summed E-state index contributed by atoms with van der Waals surface area (Å²) in [6.45, 7) is 3.30. The standard InChI is InChI=1S/C14H18N4O2S/c1-10-16-14(17-20-10)11-3-2-6-18(7-11)13(19)5-4-12-8-21-9-15-12/h8-9,11H,2-7H2,1H3/t11-/m0/s1. The van der Waals surface area contributed by atoms with Gasteiger partial charge in [-0.3, -0.25) is 4.79 Å². The second kappa shape index (κ2) is 6.34. The average molecular weight is 306 g/mol. The van der Waals surface area contributed by atoms with Crippen molar-refractivity contribution >= 4 is 17.2 Å². The quantitative estimate of drug-likeness (QED) is 0.865. The zero-order chi connectivity index (χ0) is 14.7. The Balaban J connectivity index is 1.56. The van der Waals surface area contributed by atoms with Crippen LogP contribution < -0.4 is 0 Å². The highest BCUT2D eigenvalue weighted by molar-refractivity contribution is 7.07. The number of nitrogens with zero attached hydrogens (tertiary/aromatic N) is 4. The maximum Gasteiger partial charge on any atom is 0.223 e. The second-order valence-electron chi connectivity index (χ2n) is 5.33. The number of thiazole rings is 1. The van der Waals surface area contributed by atoms with Gasteiger partial charge in [0.1, 0.15) is 0 Å². The van der Waals surface area contributed by atoms with E-state index in [1.54, 1.807) is 23.8 Å². The summed E-state index contributed by atoms with van der Waals surface area (Å²) in [5, 5.41) is 5.98. The highest BCUT2D eigenvalue weighted by atomic mass is 32.1. The maximum atomic E-state index is 12.3. The number of hydrogen-bond acceptors (Lipinski definition) is 6. The molecule has 7 heteroatoms. The Kier molecular flexibility index (Phi) is 4.28. The van der Waals surface area contributed by atoms with E-state index in [0.29, 0.717) is 25.3 Å². The van der Waals surface area contributed by atoms with Crippen molar-refractivity contribution in [2.24, 2.45) is 0 Å². The summed E-state index contributed by atoms with van der Waals surface area (Å²) in [4.78, 5) is 22.7. The molecule has 0 bridgehead atoms. The van der Waals surface area contributed by atoms with Crippen LogP contribution in [0, 0.1) is 6.92 Å². The predicted molar refractivity (Wildman–Crippen MR) is 78.0 cm³/mol. The van der Waals surface area contributed by atoms with Crippen molar-refractivity contribution in [1.82, 2.24) is 20.0 Å². The van der Waals surface area contributed by atoms with E-state index in [4.69, 9.17) is 4.52 Å². The molecule has 0 unspecified atom stereocenters. The molecule has 1 fully saturated rings. The van der Waals surface area contributed by atoms with Crippen LogP contribution in [0.2, 0.25) is 0 Å². The zero-order valence-electron chi connectivity index (χ0n) is 12.0. The van der Waals surface area contributed by atoms with Crippen molar-refractivity contribution in [3.05, 3.63) is 28.3 Å². The minimum absolute atomic E-state index is 0.188. The summed E-state index contributed by atoms with van der Waals surface area (Å²) in [6.07, 6.45) is 3.22. The molecular weight excluding hydrogens is 288 g/mol. The molecular formula is C14H18N4O2S. The molecule has 0 radical (unpaired) electrons. The van der Waals surface area contributed by atoms with Crippen LogP contribution in [-0.4, -0.2) is 39.0 Å². The van der Waals surface area contributed by atoms with Crippen molar-refractivity contribution in [2.45, 2.75) is 38.5 Å². The molecule has 6 nitrogen and oxygen atoms in total. The van der Waals surface area contributed by atoms with E-state index >= 15 is 0 Å². The molecule has 3 heterocycles. The van der Waals surface area contributed by atoms with Crippen LogP contribution in [0.5, 0.6) is 0 Å². The lowest BCUT2D eigenvalue weighted by Crippen LogP contribution is -2.39. The van der Waals surface area contributed by atoms with Crippen LogP contribution in [0.25, 0.3) is 0 Å². The predicted octanol–water partition coefficient (Wildman–Crippen LogP) is 2.17. The van der Waals surface area contributed by atoms with Crippen molar-refractivity contribution in [3.63, 3.8) is 0 Å². The smallest absolute Gasteiger partial charge is 0.223 e. The molecule has 0 N–H and O–H groups in total. The van der Waals surface area contributed by atoms with Gasteiger partial charge in [0.15, 0.2) is 5.82 Å². The molecule has 0 spiro atoms. The third-order valence-corrected chi connectivity index (χ3v) is 4.40. The Bertz CT molecular complexity index is 596. The van der Waals surface area contributed by atoms with E-state index in [1.807, 2.05) is 10.3 Å². The van der Waals surface area contributed by atoms with Gasteiger partial charge >= 0.3 is 0 Å². The first-order valence-electron chi connectivity index (χ1n) is 7.17. The van der Waals surface area contributed by atoms with Gasteiger partial charge in [0.05, 0.1) is 11.2 Å². The number of hydrogen-bond donors (Lipinski definition) is 0. The highest BCUT2D eigenvalue weighted by Crippen LogP contribution is 2.25. The van der Waals surface area contributed by atoms with Gasteiger partial charge in [0, 0.05) is 37.7 Å². The van der Waals surface area contributed by atoms with E-state index in [2.05, 4.69) is 15.1 Å². The van der Waals surface area contributed by atoms with E-state index in [-0.39, 0.29) is 11.8 Å². The van der Waals surface area contributed by atoms with Crippen LogP contribution in [-0.2, 0) is 11.2 Å². The highest BCUT2D eigenvalue weighted by Gasteiger charge is 2.27. The number of rotatable bonds is 4. The number of piperidine rings is 1. The monoisotopic (exact) mass is 306 g/mol. The first-order valence-corrected chi connectivity index (χ1v) is 8.11.